The van der Waals surface area contributed by atoms with Crippen LogP contribution in [0.25, 0.3) is 0 Å². The van der Waals surface area contributed by atoms with Gasteiger partial charge in [0.2, 0.25) is 5.91 Å². The highest BCUT2D eigenvalue weighted by Crippen LogP contribution is 2.37. The van der Waals surface area contributed by atoms with Gasteiger partial charge in [-0.3, -0.25) is 9.69 Å². The molecule has 2 atom stereocenters. The van der Waals surface area contributed by atoms with Crippen LogP contribution in [0.3, 0.4) is 0 Å². The van der Waals surface area contributed by atoms with Crippen molar-refractivity contribution in [3.63, 3.8) is 0 Å². The molecule has 0 aliphatic carbocycles. The second kappa shape index (κ2) is 7.64. The van der Waals surface area contributed by atoms with Crippen LogP contribution in [0.5, 0.6) is 0 Å². The zero-order valence-electron chi connectivity index (χ0n) is 14.7. The van der Waals surface area contributed by atoms with Crippen LogP contribution in [0.15, 0.2) is 0 Å². The third kappa shape index (κ3) is 4.33. The first-order valence-corrected chi connectivity index (χ1v) is 9.50. The minimum Gasteiger partial charge on any atom is -0.324 e. The Hall–Kier alpha value is -1.66. The predicted octanol–water partition coefficient (Wildman–Crippen LogP) is 2.02. The molecule has 1 fully saturated rings. The first-order valence-electron chi connectivity index (χ1n) is 8.68. The highest BCUT2D eigenvalue weighted by Gasteiger charge is 2.45. The van der Waals surface area contributed by atoms with Gasteiger partial charge in [0.25, 0.3) is 5.92 Å². The smallest absolute Gasteiger partial charge is 0.324 e. The summed E-state index contributed by atoms with van der Waals surface area (Å²) in [5.74, 6) is -3.60. The number of nitrogens with two attached hydrogens (primary N) is 1. The Morgan fingerprint density at radius 3 is 2.68 bits per heavy atom. The molecule has 3 rings (SSSR count). The van der Waals surface area contributed by atoms with E-state index in [1.807, 2.05) is 0 Å². The maximum Gasteiger partial charge on any atom is 0.443 e. The SMILES string of the molecule is N[C@@H](CC=O)C(N1CCc2sc(C(F)(F)F)nc2C1)N1CC(F)(F)CCC1=O. The number of hydrogen-bond donors (Lipinski definition) is 1. The lowest BCUT2D eigenvalue weighted by molar-refractivity contribution is -0.160. The average Bonchev–Trinajstić information content (AvgIpc) is 3.02. The quantitative estimate of drug-likeness (QED) is 0.576. The molecule has 2 aliphatic heterocycles. The summed E-state index contributed by atoms with van der Waals surface area (Å²) < 4.78 is 66.6. The molecule has 12 heteroatoms. The van der Waals surface area contributed by atoms with Crippen molar-refractivity contribution in [2.24, 2.45) is 5.73 Å². The third-order valence-electron chi connectivity index (χ3n) is 4.87. The number of alkyl halides is 5. The van der Waals surface area contributed by atoms with Crippen molar-refractivity contribution in [3.8, 4) is 0 Å². The number of aldehydes is 1. The summed E-state index contributed by atoms with van der Waals surface area (Å²) in [7, 11) is 0. The zero-order valence-corrected chi connectivity index (χ0v) is 15.5. The topological polar surface area (TPSA) is 79.5 Å². The number of carbonyl (C=O) groups is 2. The summed E-state index contributed by atoms with van der Waals surface area (Å²) in [5, 5.41) is -0.964. The van der Waals surface area contributed by atoms with E-state index in [0.29, 0.717) is 22.5 Å². The molecule has 156 valence electrons. The van der Waals surface area contributed by atoms with Gasteiger partial charge in [0.15, 0.2) is 5.01 Å². The number of likely N-dealkylation sites (tertiary alicyclic amines) is 1. The number of halogens is 5. The van der Waals surface area contributed by atoms with Gasteiger partial charge in [0.05, 0.1) is 12.2 Å². The van der Waals surface area contributed by atoms with E-state index in [0.717, 1.165) is 4.90 Å². The Balaban J connectivity index is 1.88. The number of fused-ring (bicyclic) bond motifs is 1. The van der Waals surface area contributed by atoms with Crippen LogP contribution in [0.1, 0.15) is 34.8 Å². The molecule has 2 N–H and O–H groups in total. The minimum absolute atomic E-state index is 0.0610. The monoisotopic (exact) mass is 426 g/mol. The molecule has 1 saturated heterocycles. The van der Waals surface area contributed by atoms with Crippen LogP contribution in [-0.2, 0) is 28.7 Å². The van der Waals surface area contributed by atoms with E-state index < -0.39 is 48.2 Å². The van der Waals surface area contributed by atoms with Crippen LogP contribution in [-0.4, -0.2) is 58.2 Å². The van der Waals surface area contributed by atoms with Crippen molar-refractivity contribution in [1.29, 1.82) is 0 Å². The van der Waals surface area contributed by atoms with Gasteiger partial charge in [-0.2, -0.15) is 13.2 Å². The van der Waals surface area contributed by atoms with E-state index in [9.17, 15) is 31.5 Å². The van der Waals surface area contributed by atoms with Crippen LogP contribution in [0, 0.1) is 0 Å². The van der Waals surface area contributed by atoms with E-state index in [1.54, 1.807) is 4.90 Å². The van der Waals surface area contributed by atoms with E-state index in [1.165, 1.54) is 0 Å². The molecule has 0 saturated carbocycles. The average molecular weight is 426 g/mol. The Kier molecular flexibility index (Phi) is 5.74. The first kappa shape index (κ1) is 21.1. The molecule has 28 heavy (non-hydrogen) atoms. The predicted molar refractivity (Wildman–Crippen MR) is 89.6 cm³/mol. The number of rotatable bonds is 5. The van der Waals surface area contributed by atoms with Crippen LogP contribution in [0.2, 0.25) is 0 Å². The molecule has 1 amide bonds. The summed E-state index contributed by atoms with van der Waals surface area (Å²) >= 11 is 0.560. The fraction of sp³-hybridized carbons (Fsp3) is 0.688. The Bertz CT molecular complexity index is 754. The molecule has 1 aromatic rings. The van der Waals surface area contributed by atoms with Gasteiger partial charge >= 0.3 is 6.18 Å². The molecular weight excluding hydrogens is 407 g/mol. The Labute approximate surface area is 161 Å². The number of aromatic nitrogens is 1. The molecule has 1 unspecified atom stereocenters. The Morgan fingerprint density at radius 1 is 1.32 bits per heavy atom. The maximum atomic E-state index is 13.9. The normalized spacial score (nSPS) is 22.6. The van der Waals surface area contributed by atoms with Gasteiger partial charge in [-0.05, 0) is 6.42 Å². The summed E-state index contributed by atoms with van der Waals surface area (Å²) in [6.07, 6.45) is -5.92. The molecule has 0 radical (unpaired) electrons. The number of thiazole rings is 1. The molecule has 0 bridgehead atoms. The highest BCUT2D eigenvalue weighted by molar-refractivity contribution is 7.11. The lowest BCUT2D eigenvalue weighted by atomic mass is 10.0. The molecule has 0 aromatic carbocycles. The molecule has 2 aliphatic rings. The van der Waals surface area contributed by atoms with Crippen LogP contribution < -0.4 is 5.73 Å². The second-order valence-electron chi connectivity index (χ2n) is 6.96. The second-order valence-corrected chi connectivity index (χ2v) is 8.05. The standard InChI is InChI=1S/C16H19F5N4O2S/c17-15(18)4-1-12(27)25(8-15)13(9(22)3-6-26)24-5-2-11-10(7-24)23-14(28-11)16(19,20)21/h6,9,13H,1-5,7-8,22H2/t9-,13?/m0/s1. The van der Waals surface area contributed by atoms with E-state index in [2.05, 4.69) is 4.98 Å². The fourth-order valence-electron chi connectivity index (χ4n) is 3.59. The van der Waals surface area contributed by atoms with Gasteiger partial charge in [0, 0.05) is 43.3 Å². The van der Waals surface area contributed by atoms with E-state index in [-0.39, 0.29) is 38.0 Å². The summed E-state index contributed by atoms with van der Waals surface area (Å²) in [6.45, 7) is -0.676. The van der Waals surface area contributed by atoms with Crippen molar-refractivity contribution < 1.29 is 31.5 Å². The van der Waals surface area contributed by atoms with Gasteiger partial charge in [0.1, 0.15) is 12.5 Å². The number of piperidine rings is 1. The Morgan fingerprint density at radius 2 is 2.04 bits per heavy atom. The van der Waals surface area contributed by atoms with Gasteiger partial charge in [-0.25, -0.2) is 13.8 Å². The van der Waals surface area contributed by atoms with Crippen molar-refractivity contribution in [1.82, 2.24) is 14.8 Å². The molecular formula is C16H19F5N4O2S. The zero-order chi connectivity index (χ0) is 20.7. The molecule has 1 aromatic heterocycles. The van der Waals surface area contributed by atoms with Crippen molar-refractivity contribution >= 4 is 23.5 Å². The fourth-order valence-corrected chi connectivity index (χ4v) is 4.51. The summed E-state index contributed by atoms with van der Waals surface area (Å²) in [4.78, 5) is 29.9. The van der Waals surface area contributed by atoms with Crippen molar-refractivity contribution in [2.45, 2.75) is 56.5 Å². The molecule has 6 nitrogen and oxygen atoms in total. The van der Waals surface area contributed by atoms with Gasteiger partial charge in [-0.15, -0.1) is 11.3 Å². The molecule has 0 spiro atoms. The lowest BCUT2D eigenvalue weighted by Gasteiger charge is -2.46. The number of nitrogens with zero attached hydrogens (tertiary/aromatic N) is 3. The maximum absolute atomic E-state index is 13.9. The summed E-state index contributed by atoms with van der Waals surface area (Å²) in [5.41, 5.74) is 6.22. The summed E-state index contributed by atoms with van der Waals surface area (Å²) in [6, 6.07) is -0.947. The molecule has 3 heterocycles. The number of amides is 1. The van der Waals surface area contributed by atoms with Crippen LogP contribution >= 0.6 is 11.3 Å². The van der Waals surface area contributed by atoms with E-state index >= 15 is 0 Å². The van der Waals surface area contributed by atoms with Crippen LogP contribution in [0.4, 0.5) is 22.0 Å². The number of carbonyl (C=O) groups excluding carboxylic acids is 2. The van der Waals surface area contributed by atoms with E-state index in [4.69, 9.17) is 5.73 Å². The first-order chi connectivity index (χ1) is 13.0. The highest BCUT2D eigenvalue weighted by atomic mass is 32.1. The largest absolute Gasteiger partial charge is 0.443 e. The van der Waals surface area contributed by atoms with Crippen molar-refractivity contribution in [2.75, 3.05) is 13.1 Å². The van der Waals surface area contributed by atoms with Gasteiger partial charge in [-0.1, -0.05) is 0 Å². The third-order valence-corrected chi connectivity index (χ3v) is 6.07. The lowest BCUT2D eigenvalue weighted by Crippen LogP contribution is -2.63. The van der Waals surface area contributed by atoms with Crippen molar-refractivity contribution in [3.05, 3.63) is 15.6 Å². The minimum atomic E-state index is -4.56. The van der Waals surface area contributed by atoms with Gasteiger partial charge < -0.3 is 15.4 Å². The number of hydrogen-bond acceptors (Lipinski definition) is 6.